The van der Waals surface area contributed by atoms with Crippen molar-refractivity contribution in [2.24, 2.45) is 0 Å². The van der Waals surface area contributed by atoms with Gasteiger partial charge in [0.15, 0.2) is 0 Å². The maximum absolute atomic E-state index is 11.9. The van der Waals surface area contributed by atoms with Crippen LogP contribution in [0.5, 0.6) is 0 Å². The summed E-state index contributed by atoms with van der Waals surface area (Å²) in [6.07, 6.45) is -0.752. The lowest BCUT2D eigenvalue weighted by Crippen LogP contribution is -2.42. The number of amides is 1. The molecule has 6 nitrogen and oxygen atoms in total. The number of ether oxygens (including phenoxy) is 1. The number of hydrogen-bond donors (Lipinski definition) is 3. The SMILES string of the molecule is O.O=C(N[C@@H](CS)C(=O)O)OCC1c2ccccc2-c2ccccc21. The zero-order valence-electron chi connectivity index (χ0n) is 13.3. The molecule has 4 N–H and O–H groups in total. The first-order valence-corrected chi connectivity index (χ1v) is 8.20. The van der Waals surface area contributed by atoms with Crippen LogP contribution >= 0.6 is 12.6 Å². The Kier molecular flexibility index (Phi) is 6.06. The summed E-state index contributed by atoms with van der Waals surface area (Å²) in [4.78, 5) is 22.8. The molecular formula is C18H19NO5S. The number of aliphatic carboxylic acids is 1. The highest BCUT2D eigenvalue weighted by Gasteiger charge is 2.29. The van der Waals surface area contributed by atoms with E-state index >= 15 is 0 Å². The van der Waals surface area contributed by atoms with E-state index in [9.17, 15) is 9.59 Å². The third kappa shape index (κ3) is 3.78. The molecule has 0 spiro atoms. The number of hydrogen-bond acceptors (Lipinski definition) is 4. The van der Waals surface area contributed by atoms with E-state index in [1.807, 2.05) is 36.4 Å². The molecule has 0 unspecified atom stereocenters. The van der Waals surface area contributed by atoms with Crippen molar-refractivity contribution in [1.82, 2.24) is 5.32 Å². The van der Waals surface area contributed by atoms with Crippen molar-refractivity contribution >= 4 is 24.7 Å². The number of nitrogens with one attached hydrogen (secondary N) is 1. The molecule has 7 heteroatoms. The Labute approximate surface area is 150 Å². The maximum atomic E-state index is 11.9. The molecule has 1 amide bonds. The maximum Gasteiger partial charge on any atom is 0.407 e. The Hall–Kier alpha value is -2.51. The largest absolute Gasteiger partial charge is 0.480 e. The van der Waals surface area contributed by atoms with Crippen LogP contribution < -0.4 is 5.32 Å². The van der Waals surface area contributed by atoms with Crippen molar-refractivity contribution in [3.63, 3.8) is 0 Å². The van der Waals surface area contributed by atoms with Crippen LogP contribution in [-0.4, -0.2) is 41.0 Å². The molecule has 0 aromatic heterocycles. The minimum atomic E-state index is -1.14. The van der Waals surface area contributed by atoms with Crippen LogP contribution in [0.2, 0.25) is 0 Å². The lowest BCUT2D eigenvalue weighted by atomic mass is 9.98. The van der Waals surface area contributed by atoms with Crippen LogP contribution in [0.15, 0.2) is 48.5 Å². The summed E-state index contributed by atoms with van der Waals surface area (Å²) < 4.78 is 5.27. The Balaban J connectivity index is 0.00000225. The van der Waals surface area contributed by atoms with Crippen LogP contribution in [-0.2, 0) is 9.53 Å². The fourth-order valence-electron chi connectivity index (χ4n) is 2.97. The molecule has 0 saturated heterocycles. The summed E-state index contributed by atoms with van der Waals surface area (Å²) >= 11 is 3.91. The van der Waals surface area contributed by atoms with Crippen LogP contribution in [0, 0.1) is 0 Å². The number of alkyl carbamates (subject to hydrolysis) is 1. The van der Waals surface area contributed by atoms with Crippen molar-refractivity contribution in [2.45, 2.75) is 12.0 Å². The standard InChI is InChI=1S/C18H17NO4S.H2O/c20-17(21)16(10-24)19-18(22)23-9-15-13-7-3-1-5-11(13)12-6-2-4-8-14(12)15;/h1-8,15-16,24H,9-10H2,(H,19,22)(H,20,21);1H2/t16-;/m0./s1. The second-order valence-corrected chi connectivity index (χ2v) is 5.91. The average Bonchev–Trinajstić information content (AvgIpc) is 2.91. The van der Waals surface area contributed by atoms with Crippen LogP contribution in [0.25, 0.3) is 11.1 Å². The van der Waals surface area contributed by atoms with E-state index in [1.54, 1.807) is 0 Å². The van der Waals surface area contributed by atoms with Gasteiger partial charge in [-0.15, -0.1) is 0 Å². The predicted octanol–water partition coefficient (Wildman–Crippen LogP) is 2.08. The quantitative estimate of drug-likeness (QED) is 0.709. The van der Waals surface area contributed by atoms with E-state index in [1.165, 1.54) is 0 Å². The van der Waals surface area contributed by atoms with E-state index in [-0.39, 0.29) is 23.8 Å². The van der Waals surface area contributed by atoms with E-state index in [0.717, 1.165) is 22.3 Å². The number of thiol groups is 1. The van der Waals surface area contributed by atoms with Crippen molar-refractivity contribution in [3.05, 3.63) is 59.7 Å². The molecule has 1 aliphatic rings. The van der Waals surface area contributed by atoms with Gasteiger partial charge >= 0.3 is 12.1 Å². The van der Waals surface area contributed by atoms with Gasteiger partial charge in [0.1, 0.15) is 12.6 Å². The van der Waals surface area contributed by atoms with Gasteiger partial charge in [-0.2, -0.15) is 12.6 Å². The first-order chi connectivity index (χ1) is 11.6. The van der Waals surface area contributed by atoms with Gasteiger partial charge in [-0.25, -0.2) is 9.59 Å². The molecule has 0 heterocycles. The Morgan fingerprint density at radius 2 is 1.60 bits per heavy atom. The Bertz CT molecular complexity index is 734. The predicted molar refractivity (Wildman–Crippen MR) is 97.1 cm³/mol. The molecule has 132 valence electrons. The van der Waals surface area contributed by atoms with E-state index in [2.05, 4.69) is 30.1 Å². The highest BCUT2D eigenvalue weighted by Crippen LogP contribution is 2.44. The molecule has 1 atom stereocenters. The zero-order chi connectivity index (χ0) is 17.1. The normalized spacial score (nSPS) is 13.2. The van der Waals surface area contributed by atoms with E-state index in [0.29, 0.717) is 0 Å². The molecule has 0 bridgehead atoms. The van der Waals surface area contributed by atoms with Gasteiger partial charge in [0, 0.05) is 11.7 Å². The van der Waals surface area contributed by atoms with Crippen molar-refractivity contribution in [2.75, 3.05) is 12.4 Å². The number of carboxylic acids is 1. The molecule has 0 saturated carbocycles. The number of fused-ring (bicyclic) bond motifs is 3. The Morgan fingerprint density at radius 3 is 2.08 bits per heavy atom. The summed E-state index contributed by atoms with van der Waals surface area (Å²) in [5.41, 5.74) is 4.49. The fraction of sp³-hybridized carbons (Fsp3) is 0.222. The van der Waals surface area contributed by atoms with Gasteiger partial charge in [0.2, 0.25) is 0 Å². The third-order valence-electron chi connectivity index (χ3n) is 4.12. The van der Waals surface area contributed by atoms with Crippen LogP contribution in [0.1, 0.15) is 17.0 Å². The summed E-state index contributed by atoms with van der Waals surface area (Å²) in [7, 11) is 0. The summed E-state index contributed by atoms with van der Waals surface area (Å²) in [6, 6.07) is 15.0. The minimum Gasteiger partial charge on any atom is -0.480 e. The molecule has 2 aromatic carbocycles. The van der Waals surface area contributed by atoms with Crippen LogP contribution in [0.3, 0.4) is 0 Å². The lowest BCUT2D eigenvalue weighted by molar-refractivity contribution is -0.138. The number of carbonyl (C=O) groups is 2. The molecule has 0 fully saturated rings. The van der Waals surface area contributed by atoms with E-state index in [4.69, 9.17) is 9.84 Å². The lowest BCUT2D eigenvalue weighted by Gasteiger charge is -2.16. The number of rotatable bonds is 5. The second-order valence-electron chi connectivity index (χ2n) is 5.54. The topological polar surface area (TPSA) is 107 Å². The summed E-state index contributed by atoms with van der Waals surface area (Å²) in [5.74, 6) is -1.19. The van der Waals surface area contributed by atoms with E-state index < -0.39 is 18.1 Å². The highest BCUT2D eigenvalue weighted by atomic mass is 32.1. The smallest absolute Gasteiger partial charge is 0.407 e. The van der Waals surface area contributed by atoms with Gasteiger partial charge in [-0.3, -0.25) is 0 Å². The van der Waals surface area contributed by atoms with Crippen LogP contribution in [0.4, 0.5) is 4.79 Å². The average molecular weight is 361 g/mol. The summed E-state index contributed by atoms with van der Waals surface area (Å²) in [6.45, 7) is 0.152. The first kappa shape index (κ1) is 18.8. The monoisotopic (exact) mass is 361 g/mol. The van der Waals surface area contributed by atoms with Crippen molar-refractivity contribution in [3.8, 4) is 11.1 Å². The third-order valence-corrected chi connectivity index (χ3v) is 4.48. The van der Waals surface area contributed by atoms with Gasteiger partial charge in [0.05, 0.1) is 0 Å². The van der Waals surface area contributed by atoms with Gasteiger partial charge in [0.25, 0.3) is 0 Å². The minimum absolute atomic E-state index is 0. The second kappa shape index (κ2) is 8.04. The van der Waals surface area contributed by atoms with Gasteiger partial charge < -0.3 is 20.6 Å². The van der Waals surface area contributed by atoms with Gasteiger partial charge in [-0.05, 0) is 22.3 Å². The Morgan fingerprint density at radius 1 is 1.08 bits per heavy atom. The summed E-state index contributed by atoms with van der Waals surface area (Å²) in [5, 5.41) is 11.2. The molecule has 2 aromatic rings. The number of carboxylic acid groups (broad SMARTS) is 1. The molecule has 1 aliphatic carbocycles. The highest BCUT2D eigenvalue weighted by molar-refractivity contribution is 7.80. The molecule has 0 aliphatic heterocycles. The zero-order valence-corrected chi connectivity index (χ0v) is 14.2. The molecule has 0 radical (unpaired) electrons. The molecule has 25 heavy (non-hydrogen) atoms. The number of benzene rings is 2. The van der Waals surface area contributed by atoms with Gasteiger partial charge in [-0.1, -0.05) is 48.5 Å². The van der Waals surface area contributed by atoms with Crippen molar-refractivity contribution in [1.29, 1.82) is 0 Å². The first-order valence-electron chi connectivity index (χ1n) is 7.57. The molecular weight excluding hydrogens is 342 g/mol. The number of carbonyl (C=O) groups excluding carboxylic acids is 1. The fourth-order valence-corrected chi connectivity index (χ4v) is 3.22. The molecule has 3 rings (SSSR count). The van der Waals surface area contributed by atoms with Crippen molar-refractivity contribution < 1.29 is 24.9 Å².